The van der Waals surface area contributed by atoms with Crippen LogP contribution in [0.25, 0.3) is 11.1 Å². The van der Waals surface area contributed by atoms with Gasteiger partial charge in [0.15, 0.2) is 6.10 Å². The first-order chi connectivity index (χ1) is 15.0. The second-order valence-corrected chi connectivity index (χ2v) is 8.57. The molecule has 0 heterocycles. The van der Waals surface area contributed by atoms with Crippen LogP contribution in [-0.2, 0) is 30.3 Å². The number of esters is 1. The Bertz CT molecular complexity index is 1080. The average molecular weight is 439 g/mol. The summed E-state index contributed by atoms with van der Waals surface area (Å²) >= 11 is 0. The second-order valence-electron chi connectivity index (χ2n) is 7.03. The van der Waals surface area contributed by atoms with E-state index in [1.54, 1.807) is 25.1 Å². The maximum Gasteiger partial charge on any atom is 0.336 e. The van der Waals surface area contributed by atoms with Crippen LogP contribution in [0.2, 0.25) is 0 Å². The molecule has 0 spiro atoms. The fourth-order valence-electron chi connectivity index (χ4n) is 3.32. The van der Waals surface area contributed by atoms with Gasteiger partial charge in [-0.1, -0.05) is 78.9 Å². The summed E-state index contributed by atoms with van der Waals surface area (Å²) in [5.41, 5.74) is 2.39. The molecular formula is C25H26O5S. The van der Waals surface area contributed by atoms with E-state index in [1.807, 2.05) is 60.7 Å². The summed E-state index contributed by atoms with van der Waals surface area (Å²) in [5.74, 6) is -0.670. The molecule has 3 aromatic rings. The number of carbonyl (C=O) groups excluding carboxylic acids is 1. The lowest BCUT2D eigenvalue weighted by atomic mass is 10.1. The van der Waals surface area contributed by atoms with Gasteiger partial charge < -0.3 is 4.74 Å². The normalized spacial score (nSPS) is 12.3. The van der Waals surface area contributed by atoms with E-state index in [0.29, 0.717) is 18.4 Å². The lowest BCUT2D eigenvalue weighted by molar-refractivity contribution is -0.151. The number of ether oxygens (including phenoxy) is 1. The van der Waals surface area contributed by atoms with Crippen molar-refractivity contribution in [2.24, 2.45) is 0 Å². The zero-order valence-electron chi connectivity index (χ0n) is 17.4. The number of hydrogen-bond acceptors (Lipinski definition) is 5. The molecule has 0 bridgehead atoms. The van der Waals surface area contributed by atoms with Gasteiger partial charge in [-0.3, -0.25) is 4.18 Å². The molecule has 0 radical (unpaired) electrons. The summed E-state index contributed by atoms with van der Waals surface area (Å²) in [5, 5.41) is 0. The van der Waals surface area contributed by atoms with E-state index in [1.165, 1.54) is 6.07 Å². The molecule has 0 N–H and O–H groups in total. The molecule has 0 saturated carbocycles. The molecule has 0 fully saturated rings. The summed E-state index contributed by atoms with van der Waals surface area (Å²) in [6.45, 7) is 1.83. The molecule has 31 heavy (non-hydrogen) atoms. The minimum atomic E-state index is -4.20. The van der Waals surface area contributed by atoms with Crippen LogP contribution in [0, 0.1) is 0 Å². The molecule has 0 aliphatic carbocycles. The average Bonchev–Trinajstić information content (AvgIpc) is 2.80. The largest absolute Gasteiger partial charge is 0.464 e. The van der Waals surface area contributed by atoms with E-state index in [9.17, 15) is 13.2 Å². The molecular weight excluding hydrogens is 412 g/mol. The van der Waals surface area contributed by atoms with Crippen LogP contribution in [0.5, 0.6) is 0 Å². The predicted octanol–water partition coefficient (Wildman–Crippen LogP) is 5.01. The predicted molar refractivity (Wildman–Crippen MR) is 120 cm³/mol. The van der Waals surface area contributed by atoms with Crippen LogP contribution in [0.15, 0.2) is 89.8 Å². The van der Waals surface area contributed by atoms with E-state index in [-0.39, 0.29) is 17.9 Å². The van der Waals surface area contributed by atoms with Crippen LogP contribution >= 0.6 is 0 Å². The number of benzene rings is 3. The summed E-state index contributed by atoms with van der Waals surface area (Å²) < 4.78 is 36.8. The molecule has 0 aliphatic rings. The van der Waals surface area contributed by atoms with E-state index in [2.05, 4.69) is 0 Å². The van der Waals surface area contributed by atoms with Gasteiger partial charge in [-0.15, -0.1) is 0 Å². The van der Waals surface area contributed by atoms with Crippen LogP contribution in [-0.4, -0.2) is 27.1 Å². The van der Waals surface area contributed by atoms with Gasteiger partial charge in [0, 0.05) is 5.56 Å². The smallest absolute Gasteiger partial charge is 0.336 e. The third-order valence-corrected chi connectivity index (χ3v) is 6.19. The molecule has 6 heteroatoms. The highest BCUT2D eigenvalue weighted by molar-refractivity contribution is 7.87. The summed E-state index contributed by atoms with van der Waals surface area (Å²) in [4.78, 5) is 12.5. The fourth-order valence-corrected chi connectivity index (χ4v) is 4.61. The van der Waals surface area contributed by atoms with E-state index in [0.717, 1.165) is 11.1 Å². The number of hydrogen-bond donors (Lipinski definition) is 0. The van der Waals surface area contributed by atoms with Crippen molar-refractivity contribution >= 4 is 16.1 Å². The Morgan fingerprint density at radius 1 is 0.871 bits per heavy atom. The van der Waals surface area contributed by atoms with Gasteiger partial charge in [0.25, 0.3) is 10.1 Å². The van der Waals surface area contributed by atoms with Gasteiger partial charge in [-0.2, -0.15) is 8.42 Å². The molecule has 162 valence electrons. The van der Waals surface area contributed by atoms with Crippen molar-refractivity contribution in [1.82, 2.24) is 0 Å². The first-order valence-electron chi connectivity index (χ1n) is 10.3. The number of rotatable bonds is 10. The van der Waals surface area contributed by atoms with Crippen LogP contribution in [0.1, 0.15) is 25.3 Å². The van der Waals surface area contributed by atoms with E-state index >= 15 is 0 Å². The van der Waals surface area contributed by atoms with Crippen molar-refractivity contribution in [3.05, 3.63) is 90.5 Å². The van der Waals surface area contributed by atoms with Crippen molar-refractivity contribution < 1.29 is 22.1 Å². The lowest BCUT2D eigenvalue weighted by Crippen LogP contribution is -2.29. The molecule has 3 rings (SSSR count). The van der Waals surface area contributed by atoms with Crippen molar-refractivity contribution in [2.75, 3.05) is 6.61 Å². The molecule has 1 atom stereocenters. The second kappa shape index (κ2) is 10.9. The molecule has 0 amide bonds. The van der Waals surface area contributed by atoms with Gasteiger partial charge in [-0.05, 0) is 43.4 Å². The maximum atomic E-state index is 13.1. The number of carbonyl (C=O) groups is 1. The highest BCUT2D eigenvalue weighted by Gasteiger charge is 2.30. The zero-order chi connectivity index (χ0) is 22.1. The minimum Gasteiger partial charge on any atom is -0.464 e. The third kappa shape index (κ3) is 6.26. The molecule has 0 aliphatic heterocycles. The Balaban J connectivity index is 1.80. The topological polar surface area (TPSA) is 69.7 Å². The quantitative estimate of drug-likeness (QED) is 0.329. The summed E-state index contributed by atoms with van der Waals surface area (Å²) in [6.07, 6.45) is 0.336. The summed E-state index contributed by atoms with van der Waals surface area (Å²) in [7, 11) is -4.20. The lowest BCUT2D eigenvalue weighted by Gasteiger charge is -2.18. The standard InChI is InChI=1S/C25H26O5S/c1-2-29-25(26)23(18-11-14-20-12-5-3-6-13-20)30-31(27,28)24-19-10-9-17-22(24)21-15-7-4-8-16-21/h3-10,12-13,15-17,19,23H,2,11,14,18H2,1H3/t23-/m1/s1. The van der Waals surface area contributed by atoms with Crippen LogP contribution in [0.4, 0.5) is 0 Å². The van der Waals surface area contributed by atoms with Gasteiger partial charge in [0.05, 0.1) is 6.61 Å². The zero-order valence-corrected chi connectivity index (χ0v) is 18.3. The Morgan fingerprint density at radius 3 is 2.16 bits per heavy atom. The summed E-state index contributed by atoms with van der Waals surface area (Å²) in [6, 6.07) is 25.6. The van der Waals surface area contributed by atoms with E-state index in [4.69, 9.17) is 8.92 Å². The highest BCUT2D eigenvalue weighted by Crippen LogP contribution is 2.29. The molecule has 0 unspecified atom stereocenters. The van der Waals surface area contributed by atoms with Crippen LogP contribution in [0.3, 0.4) is 0 Å². The highest BCUT2D eigenvalue weighted by atomic mass is 32.2. The Hall–Kier alpha value is -2.96. The van der Waals surface area contributed by atoms with Crippen molar-refractivity contribution in [1.29, 1.82) is 0 Å². The van der Waals surface area contributed by atoms with Gasteiger partial charge in [0.1, 0.15) is 4.90 Å². The minimum absolute atomic E-state index is 0.0264. The molecule has 5 nitrogen and oxygen atoms in total. The van der Waals surface area contributed by atoms with Crippen molar-refractivity contribution in [2.45, 2.75) is 37.2 Å². The van der Waals surface area contributed by atoms with Crippen molar-refractivity contribution in [3.8, 4) is 11.1 Å². The SMILES string of the molecule is CCOC(=O)[C@@H](CCCc1ccccc1)OS(=O)(=O)c1ccccc1-c1ccccc1. The Morgan fingerprint density at radius 2 is 1.48 bits per heavy atom. The van der Waals surface area contributed by atoms with Gasteiger partial charge in [0.2, 0.25) is 0 Å². The Labute approximate surface area is 183 Å². The fraction of sp³-hybridized carbons (Fsp3) is 0.240. The molecule has 0 saturated heterocycles. The first-order valence-corrected chi connectivity index (χ1v) is 11.7. The first kappa shape index (κ1) is 22.7. The monoisotopic (exact) mass is 438 g/mol. The van der Waals surface area contributed by atoms with Gasteiger partial charge in [-0.25, -0.2) is 4.79 Å². The van der Waals surface area contributed by atoms with Crippen LogP contribution < -0.4 is 0 Å². The van der Waals surface area contributed by atoms with Gasteiger partial charge >= 0.3 is 5.97 Å². The maximum absolute atomic E-state index is 13.1. The molecule has 0 aromatic heterocycles. The third-order valence-electron chi connectivity index (χ3n) is 4.81. The van der Waals surface area contributed by atoms with E-state index < -0.39 is 22.2 Å². The Kier molecular flexibility index (Phi) is 7.98. The molecule has 3 aromatic carbocycles. The number of aryl methyl sites for hydroxylation is 1. The van der Waals surface area contributed by atoms with Crippen molar-refractivity contribution in [3.63, 3.8) is 0 Å².